The number of thioether (sulfide) groups is 1. The highest BCUT2D eigenvalue weighted by Crippen LogP contribution is 2.38. The number of ether oxygens (including phenoxy) is 2. The van der Waals surface area contributed by atoms with E-state index < -0.39 is 0 Å². The molecule has 0 bridgehead atoms. The molecule has 3 aromatic rings. The lowest BCUT2D eigenvalue weighted by Crippen LogP contribution is -2.27. The summed E-state index contributed by atoms with van der Waals surface area (Å²) in [5.74, 6) is 0.883. The number of hydrogen-bond acceptors (Lipinski definition) is 5. The van der Waals surface area contributed by atoms with Gasteiger partial charge in [0.25, 0.3) is 11.1 Å². The number of rotatable bonds is 9. The first kappa shape index (κ1) is 24.8. The Labute approximate surface area is 217 Å². The molecule has 1 heterocycles. The van der Waals surface area contributed by atoms with E-state index >= 15 is 0 Å². The fourth-order valence-electron chi connectivity index (χ4n) is 3.68. The van der Waals surface area contributed by atoms with Crippen LogP contribution in [0, 0.1) is 0 Å². The second-order valence-electron chi connectivity index (χ2n) is 7.87. The lowest BCUT2D eigenvalue weighted by atomic mass is 10.0. The molecular formula is C28H24BrNO4S. The maximum atomic E-state index is 13.0. The molecule has 0 N–H and O–H groups in total. The second-order valence-corrected chi connectivity index (χ2v) is 9.78. The molecule has 0 atom stereocenters. The van der Waals surface area contributed by atoms with Crippen molar-refractivity contribution in [1.82, 2.24) is 4.90 Å². The molecule has 2 amide bonds. The highest BCUT2D eigenvalue weighted by molar-refractivity contribution is 9.10. The van der Waals surface area contributed by atoms with Crippen molar-refractivity contribution in [2.45, 2.75) is 19.6 Å². The van der Waals surface area contributed by atoms with Gasteiger partial charge in [-0.2, -0.15) is 0 Å². The van der Waals surface area contributed by atoms with Crippen molar-refractivity contribution >= 4 is 44.9 Å². The molecule has 5 nitrogen and oxygen atoms in total. The summed E-state index contributed by atoms with van der Waals surface area (Å²) in [6.45, 7) is 4.48. The number of carbonyl (C=O) groups is 2. The van der Waals surface area contributed by atoms with E-state index in [2.05, 4.69) is 22.5 Å². The third-order valence-electron chi connectivity index (χ3n) is 5.39. The van der Waals surface area contributed by atoms with Crippen LogP contribution in [-0.4, -0.2) is 23.2 Å². The molecule has 1 aliphatic heterocycles. The van der Waals surface area contributed by atoms with Crippen LogP contribution in [0.25, 0.3) is 6.08 Å². The Morgan fingerprint density at radius 2 is 1.77 bits per heavy atom. The second kappa shape index (κ2) is 11.4. The molecule has 1 fully saturated rings. The summed E-state index contributed by atoms with van der Waals surface area (Å²) in [6, 6.07) is 21.2. The third-order valence-corrected chi connectivity index (χ3v) is 6.83. The van der Waals surface area contributed by atoms with Gasteiger partial charge in [0.2, 0.25) is 0 Å². The highest BCUT2D eigenvalue weighted by atomic mass is 79.9. The van der Waals surface area contributed by atoms with Crippen molar-refractivity contribution in [3.8, 4) is 11.5 Å². The van der Waals surface area contributed by atoms with Crippen LogP contribution in [0.15, 0.2) is 88.8 Å². The number of benzene rings is 3. The van der Waals surface area contributed by atoms with Crippen molar-refractivity contribution in [2.75, 3.05) is 7.11 Å². The van der Waals surface area contributed by atoms with Crippen LogP contribution in [0.2, 0.25) is 0 Å². The summed E-state index contributed by atoms with van der Waals surface area (Å²) in [5.41, 5.74) is 3.56. The molecule has 1 saturated heterocycles. The highest BCUT2D eigenvalue weighted by Gasteiger charge is 2.35. The average molecular weight is 550 g/mol. The normalized spacial score (nSPS) is 14.5. The molecule has 0 unspecified atom stereocenters. The van der Waals surface area contributed by atoms with Crippen LogP contribution in [0.3, 0.4) is 0 Å². The zero-order valence-electron chi connectivity index (χ0n) is 19.2. The van der Waals surface area contributed by atoms with E-state index in [1.165, 1.54) is 4.90 Å². The molecule has 0 spiro atoms. The zero-order valence-corrected chi connectivity index (χ0v) is 21.6. The van der Waals surface area contributed by atoms with Gasteiger partial charge in [-0.15, -0.1) is 6.58 Å². The summed E-state index contributed by atoms with van der Waals surface area (Å²) in [5, 5.41) is -0.287. The number of nitrogens with zero attached hydrogens (tertiary/aromatic N) is 1. The van der Waals surface area contributed by atoms with Crippen molar-refractivity contribution in [1.29, 1.82) is 0 Å². The Kier molecular flexibility index (Phi) is 8.10. The van der Waals surface area contributed by atoms with Gasteiger partial charge in [0.15, 0.2) is 11.5 Å². The van der Waals surface area contributed by atoms with Crippen molar-refractivity contribution in [3.63, 3.8) is 0 Å². The molecule has 0 radical (unpaired) electrons. The lowest BCUT2D eigenvalue weighted by Gasteiger charge is -2.16. The van der Waals surface area contributed by atoms with E-state index in [0.717, 1.165) is 38.5 Å². The molecule has 1 aliphatic rings. The monoisotopic (exact) mass is 549 g/mol. The summed E-state index contributed by atoms with van der Waals surface area (Å²) in [4.78, 5) is 27.2. The van der Waals surface area contributed by atoms with Crippen LogP contribution in [-0.2, 0) is 24.4 Å². The first-order valence-corrected chi connectivity index (χ1v) is 12.6. The number of hydrogen-bond donors (Lipinski definition) is 0. The molecule has 0 aliphatic carbocycles. The number of allylic oxidation sites excluding steroid dienone is 1. The predicted octanol–water partition coefficient (Wildman–Crippen LogP) is 7.00. The van der Waals surface area contributed by atoms with Crippen LogP contribution in [0.1, 0.15) is 22.3 Å². The first-order chi connectivity index (χ1) is 17.0. The number of halogens is 1. The molecule has 4 rings (SSSR count). The summed E-state index contributed by atoms with van der Waals surface area (Å²) < 4.78 is 12.7. The van der Waals surface area contributed by atoms with Gasteiger partial charge in [-0.25, -0.2) is 0 Å². The Balaban J connectivity index is 1.59. The topological polar surface area (TPSA) is 55.8 Å². The SMILES string of the molecule is C=CCc1cc(/C=C2\SC(=O)N(Cc3ccc(Br)cc3)C2=O)cc(OC)c1OCc1ccccc1. The number of methoxy groups -OCH3 is 1. The fraction of sp³-hybridized carbons (Fsp3) is 0.143. The summed E-state index contributed by atoms with van der Waals surface area (Å²) in [7, 11) is 1.58. The summed E-state index contributed by atoms with van der Waals surface area (Å²) in [6.07, 6.45) is 4.08. The van der Waals surface area contributed by atoms with E-state index in [4.69, 9.17) is 9.47 Å². The molecule has 35 heavy (non-hydrogen) atoms. The van der Waals surface area contributed by atoms with Gasteiger partial charge in [-0.05, 0) is 65.2 Å². The van der Waals surface area contributed by atoms with Crippen molar-refractivity contribution in [3.05, 3.63) is 111 Å². The van der Waals surface area contributed by atoms with Crippen molar-refractivity contribution in [2.24, 2.45) is 0 Å². The van der Waals surface area contributed by atoms with Gasteiger partial charge in [0, 0.05) is 10.0 Å². The van der Waals surface area contributed by atoms with E-state index in [1.54, 1.807) is 19.3 Å². The zero-order chi connectivity index (χ0) is 24.8. The Hall–Kier alpha value is -3.29. The van der Waals surface area contributed by atoms with Gasteiger partial charge < -0.3 is 9.47 Å². The standard InChI is InChI=1S/C28H24BrNO4S/c1-3-7-22-14-21(15-24(33-2)26(22)34-18-20-8-5-4-6-9-20)16-25-27(31)30(28(32)35-25)17-19-10-12-23(29)13-11-19/h3-6,8-16H,1,7,17-18H2,2H3/b25-16-. The minimum absolute atomic E-state index is 0.229. The van der Waals surface area contributed by atoms with Gasteiger partial charge >= 0.3 is 0 Å². The molecular weight excluding hydrogens is 526 g/mol. The average Bonchev–Trinajstić information content (AvgIpc) is 3.12. The smallest absolute Gasteiger partial charge is 0.293 e. The van der Waals surface area contributed by atoms with Gasteiger partial charge in [0.05, 0.1) is 18.6 Å². The van der Waals surface area contributed by atoms with Gasteiger partial charge in [-0.1, -0.05) is 64.5 Å². The van der Waals surface area contributed by atoms with Crippen LogP contribution >= 0.6 is 27.7 Å². The molecule has 7 heteroatoms. The van der Waals surface area contributed by atoms with Crippen LogP contribution < -0.4 is 9.47 Å². The largest absolute Gasteiger partial charge is 0.493 e. The lowest BCUT2D eigenvalue weighted by molar-refractivity contribution is -0.123. The van der Waals surface area contributed by atoms with Crippen LogP contribution in [0.5, 0.6) is 11.5 Å². The van der Waals surface area contributed by atoms with Gasteiger partial charge in [0.1, 0.15) is 6.61 Å². The van der Waals surface area contributed by atoms with Crippen molar-refractivity contribution < 1.29 is 19.1 Å². The predicted molar refractivity (Wildman–Crippen MR) is 143 cm³/mol. The summed E-state index contributed by atoms with van der Waals surface area (Å²) >= 11 is 4.34. The number of amides is 2. The first-order valence-electron chi connectivity index (χ1n) is 11.0. The Morgan fingerprint density at radius 1 is 1.03 bits per heavy atom. The number of carbonyl (C=O) groups excluding carboxylic acids is 2. The molecule has 0 aromatic heterocycles. The maximum Gasteiger partial charge on any atom is 0.293 e. The fourth-order valence-corrected chi connectivity index (χ4v) is 4.78. The minimum atomic E-state index is -0.309. The van der Waals surface area contributed by atoms with E-state index in [-0.39, 0.29) is 17.7 Å². The van der Waals surface area contributed by atoms with E-state index in [9.17, 15) is 9.59 Å². The maximum absolute atomic E-state index is 13.0. The molecule has 3 aromatic carbocycles. The Bertz CT molecular complexity index is 1270. The molecule has 0 saturated carbocycles. The quantitative estimate of drug-likeness (QED) is 0.212. The minimum Gasteiger partial charge on any atom is -0.493 e. The molecule has 178 valence electrons. The van der Waals surface area contributed by atoms with Crippen LogP contribution in [0.4, 0.5) is 4.79 Å². The number of imide groups is 1. The van der Waals surface area contributed by atoms with E-state index in [1.807, 2.05) is 66.7 Å². The third kappa shape index (κ3) is 6.05. The Morgan fingerprint density at radius 3 is 2.46 bits per heavy atom. The van der Waals surface area contributed by atoms with Gasteiger partial charge in [-0.3, -0.25) is 14.5 Å². The van der Waals surface area contributed by atoms with E-state index in [0.29, 0.717) is 29.4 Å².